The molecule has 0 spiro atoms. The van der Waals surface area contributed by atoms with E-state index in [4.69, 9.17) is 11.2 Å². The van der Waals surface area contributed by atoms with E-state index in [1.807, 2.05) is 0 Å². The Morgan fingerprint density at radius 3 is 2.78 bits per heavy atom. The van der Waals surface area contributed by atoms with Crippen molar-refractivity contribution in [2.24, 2.45) is 0 Å². The van der Waals surface area contributed by atoms with Gasteiger partial charge < -0.3 is 9.84 Å². The Kier molecular flexibility index (Phi) is 1.75. The van der Waals surface area contributed by atoms with Gasteiger partial charge in [-0.2, -0.15) is 0 Å². The molecule has 2 heteroatoms. The molecule has 1 aliphatic heterocycles. The average molecular weight is 126 g/mol. The monoisotopic (exact) mass is 126 g/mol. The zero-order valence-corrected chi connectivity index (χ0v) is 5.26. The van der Waals surface area contributed by atoms with Crippen LogP contribution in [-0.4, -0.2) is 23.9 Å². The van der Waals surface area contributed by atoms with Gasteiger partial charge in [0, 0.05) is 6.61 Å². The van der Waals surface area contributed by atoms with E-state index in [0.29, 0.717) is 13.0 Å². The van der Waals surface area contributed by atoms with Crippen LogP contribution in [0.1, 0.15) is 12.8 Å². The van der Waals surface area contributed by atoms with E-state index in [1.165, 1.54) is 0 Å². The molecule has 1 N–H and O–H groups in total. The van der Waals surface area contributed by atoms with Gasteiger partial charge in [-0.25, -0.2) is 0 Å². The second-order valence-corrected chi connectivity index (χ2v) is 2.33. The van der Waals surface area contributed by atoms with Crippen LogP contribution in [0, 0.1) is 12.3 Å². The minimum absolute atomic E-state index is 0.295. The summed E-state index contributed by atoms with van der Waals surface area (Å²) in [7, 11) is 0. The molecule has 1 heterocycles. The number of rotatable bonds is 0. The average Bonchev–Trinajstić information content (AvgIpc) is 1.90. The highest BCUT2D eigenvalue weighted by atomic mass is 16.5. The fraction of sp³-hybridized carbons (Fsp3) is 0.714. The normalized spacial score (nSPS) is 35.6. The summed E-state index contributed by atoms with van der Waals surface area (Å²) in [5.74, 6) is 2.31. The Morgan fingerprint density at radius 2 is 2.44 bits per heavy atom. The molecule has 0 aromatic rings. The van der Waals surface area contributed by atoms with E-state index < -0.39 is 5.60 Å². The van der Waals surface area contributed by atoms with E-state index in [2.05, 4.69) is 5.92 Å². The molecule has 1 unspecified atom stereocenters. The smallest absolute Gasteiger partial charge is 0.148 e. The second kappa shape index (κ2) is 2.38. The van der Waals surface area contributed by atoms with Crippen LogP contribution >= 0.6 is 0 Å². The zero-order valence-electron chi connectivity index (χ0n) is 5.26. The lowest BCUT2D eigenvalue weighted by Gasteiger charge is -2.26. The molecule has 0 amide bonds. The van der Waals surface area contributed by atoms with Gasteiger partial charge in [0.1, 0.15) is 5.60 Å². The lowest BCUT2D eigenvalue weighted by molar-refractivity contribution is -0.0479. The third-order valence-electron chi connectivity index (χ3n) is 1.49. The van der Waals surface area contributed by atoms with Crippen molar-refractivity contribution in [1.82, 2.24) is 0 Å². The first-order chi connectivity index (χ1) is 4.27. The molecule has 1 aliphatic rings. The summed E-state index contributed by atoms with van der Waals surface area (Å²) in [6.07, 6.45) is 6.59. The van der Waals surface area contributed by atoms with Gasteiger partial charge in [-0.15, -0.1) is 6.42 Å². The molecule has 0 aromatic heterocycles. The van der Waals surface area contributed by atoms with Crippen LogP contribution in [0.3, 0.4) is 0 Å². The largest absolute Gasteiger partial charge is 0.377 e. The molecule has 50 valence electrons. The standard InChI is InChI=1S/C7H10O2/c1-2-7(8)4-3-5-9-6-7/h1,8H,3-6H2. The van der Waals surface area contributed by atoms with Crippen molar-refractivity contribution in [3.8, 4) is 12.3 Å². The quantitative estimate of drug-likeness (QED) is 0.468. The van der Waals surface area contributed by atoms with Crippen molar-refractivity contribution in [2.45, 2.75) is 18.4 Å². The highest BCUT2D eigenvalue weighted by Crippen LogP contribution is 2.16. The van der Waals surface area contributed by atoms with E-state index in [9.17, 15) is 5.11 Å². The van der Waals surface area contributed by atoms with Gasteiger partial charge in [0.05, 0.1) is 6.61 Å². The maximum absolute atomic E-state index is 9.32. The first kappa shape index (κ1) is 6.60. The van der Waals surface area contributed by atoms with Crippen LogP contribution < -0.4 is 0 Å². The zero-order chi connectivity index (χ0) is 6.74. The van der Waals surface area contributed by atoms with Crippen LogP contribution in [-0.2, 0) is 4.74 Å². The second-order valence-electron chi connectivity index (χ2n) is 2.33. The summed E-state index contributed by atoms with van der Waals surface area (Å²) in [4.78, 5) is 0. The molecule has 0 aliphatic carbocycles. The van der Waals surface area contributed by atoms with Gasteiger partial charge in [0.2, 0.25) is 0 Å². The fourth-order valence-electron chi connectivity index (χ4n) is 0.894. The lowest BCUT2D eigenvalue weighted by Crippen LogP contribution is -2.36. The van der Waals surface area contributed by atoms with E-state index in [0.717, 1.165) is 13.0 Å². The topological polar surface area (TPSA) is 29.5 Å². The lowest BCUT2D eigenvalue weighted by atomic mass is 9.98. The van der Waals surface area contributed by atoms with Crippen LogP contribution in [0.15, 0.2) is 0 Å². The van der Waals surface area contributed by atoms with Crippen molar-refractivity contribution in [3.05, 3.63) is 0 Å². The highest BCUT2D eigenvalue weighted by molar-refractivity contribution is 5.08. The first-order valence-corrected chi connectivity index (χ1v) is 3.05. The summed E-state index contributed by atoms with van der Waals surface area (Å²) in [5, 5.41) is 9.32. The third kappa shape index (κ3) is 1.44. The Morgan fingerprint density at radius 1 is 1.67 bits per heavy atom. The maximum Gasteiger partial charge on any atom is 0.148 e. The molecule has 0 radical (unpaired) electrons. The summed E-state index contributed by atoms with van der Waals surface area (Å²) in [6.45, 7) is 1.02. The van der Waals surface area contributed by atoms with Crippen molar-refractivity contribution in [2.75, 3.05) is 13.2 Å². The molecule has 0 aromatic carbocycles. The van der Waals surface area contributed by atoms with Crippen LogP contribution in [0.2, 0.25) is 0 Å². The molecular weight excluding hydrogens is 116 g/mol. The summed E-state index contributed by atoms with van der Waals surface area (Å²) < 4.78 is 4.98. The van der Waals surface area contributed by atoms with Crippen molar-refractivity contribution >= 4 is 0 Å². The van der Waals surface area contributed by atoms with Crippen LogP contribution in [0.5, 0.6) is 0 Å². The molecular formula is C7H10O2. The van der Waals surface area contributed by atoms with Gasteiger partial charge in [-0.3, -0.25) is 0 Å². The number of ether oxygens (including phenoxy) is 1. The highest BCUT2D eigenvalue weighted by Gasteiger charge is 2.26. The number of terminal acetylenes is 1. The van der Waals surface area contributed by atoms with Gasteiger partial charge in [0.15, 0.2) is 0 Å². The Hall–Kier alpha value is -0.520. The fourth-order valence-corrected chi connectivity index (χ4v) is 0.894. The summed E-state index contributed by atoms with van der Waals surface area (Å²) in [5.41, 5.74) is -0.974. The van der Waals surface area contributed by atoms with Gasteiger partial charge in [-0.1, -0.05) is 5.92 Å². The molecule has 9 heavy (non-hydrogen) atoms. The van der Waals surface area contributed by atoms with E-state index in [-0.39, 0.29) is 0 Å². The summed E-state index contributed by atoms with van der Waals surface area (Å²) >= 11 is 0. The van der Waals surface area contributed by atoms with Gasteiger partial charge >= 0.3 is 0 Å². The molecule has 1 atom stereocenters. The molecule has 0 bridgehead atoms. The van der Waals surface area contributed by atoms with Crippen molar-refractivity contribution in [3.63, 3.8) is 0 Å². The van der Waals surface area contributed by atoms with Crippen LogP contribution in [0.25, 0.3) is 0 Å². The maximum atomic E-state index is 9.32. The Balaban J connectivity index is 2.49. The van der Waals surface area contributed by atoms with Crippen molar-refractivity contribution < 1.29 is 9.84 Å². The third-order valence-corrected chi connectivity index (χ3v) is 1.49. The Labute approximate surface area is 54.8 Å². The summed E-state index contributed by atoms with van der Waals surface area (Å²) in [6, 6.07) is 0. The molecule has 2 nitrogen and oxygen atoms in total. The predicted molar refractivity (Wildman–Crippen MR) is 33.8 cm³/mol. The molecule has 1 fully saturated rings. The van der Waals surface area contributed by atoms with Crippen molar-refractivity contribution in [1.29, 1.82) is 0 Å². The van der Waals surface area contributed by atoms with Crippen LogP contribution in [0.4, 0.5) is 0 Å². The minimum atomic E-state index is -0.974. The van der Waals surface area contributed by atoms with E-state index >= 15 is 0 Å². The minimum Gasteiger partial charge on any atom is -0.377 e. The molecule has 0 saturated carbocycles. The predicted octanol–water partition coefficient (Wildman–Crippen LogP) is 0.161. The van der Waals surface area contributed by atoms with Gasteiger partial charge in [0.25, 0.3) is 0 Å². The number of hydrogen-bond donors (Lipinski definition) is 1. The van der Waals surface area contributed by atoms with Gasteiger partial charge in [-0.05, 0) is 12.8 Å². The number of hydrogen-bond acceptors (Lipinski definition) is 2. The van der Waals surface area contributed by atoms with E-state index in [1.54, 1.807) is 0 Å². The molecule has 1 saturated heterocycles. The number of aliphatic hydroxyl groups is 1. The Bertz CT molecular complexity index is 128. The first-order valence-electron chi connectivity index (χ1n) is 3.05. The molecule has 1 rings (SSSR count). The SMILES string of the molecule is C#CC1(O)CCCOC1.